The van der Waals surface area contributed by atoms with E-state index in [2.05, 4.69) is 58.2 Å². The maximum absolute atomic E-state index is 4.43. The summed E-state index contributed by atoms with van der Waals surface area (Å²) in [5.74, 6) is 0.668. The SMILES string of the molecule is Cc1ccc(CCN2c3ccccc3[C@H]3CN(C)CC[C@H]32)cn1.Cl.Cl.Cl. The Morgan fingerprint density at radius 2 is 1.85 bits per heavy atom. The first-order chi connectivity index (χ1) is 11.2. The molecular weight excluding hydrogens is 389 g/mol. The van der Waals surface area contributed by atoms with Gasteiger partial charge in [0, 0.05) is 42.6 Å². The van der Waals surface area contributed by atoms with E-state index < -0.39 is 0 Å². The third kappa shape index (κ3) is 4.45. The van der Waals surface area contributed by atoms with E-state index in [4.69, 9.17) is 0 Å². The topological polar surface area (TPSA) is 19.4 Å². The largest absolute Gasteiger partial charge is 0.367 e. The van der Waals surface area contributed by atoms with Gasteiger partial charge in [-0.1, -0.05) is 24.3 Å². The van der Waals surface area contributed by atoms with Crippen LogP contribution in [0.5, 0.6) is 0 Å². The van der Waals surface area contributed by atoms with E-state index in [9.17, 15) is 0 Å². The van der Waals surface area contributed by atoms with Crippen LogP contribution < -0.4 is 4.90 Å². The highest BCUT2D eigenvalue weighted by Crippen LogP contribution is 2.44. The Morgan fingerprint density at radius 3 is 2.58 bits per heavy atom. The number of piperidine rings is 1. The van der Waals surface area contributed by atoms with Crippen molar-refractivity contribution in [3.63, 3.8) is 0 Å². The first-order valence-electron chi connectivity index (χ1n) is 8.68. The lowest BCUT2D eigenvalue weighted by Crippen LogP contribution is -2.45. The van der Waals surface area contributed by atoms with Gasteiger partial charge in [-0.3, -0.25) is 4.98 Å². The number of anilines is 1. The van der Waals surface area contributed by atoms with Gasteiger partial charge in [0.05, 0.1) is 0 Å². The fraction of sp³-hybridized carbons (Fsp3) is 0.450. The molecule has 1 fully saturated rings. The van der Waals surface area contributed by atoms with Crippen LogP contribution >= 0.6 is 37.2 Å². The van der Waals surface area contributed by atoms with Crippen LogP contribution in [0.25, 0.3) is 0 Å². The monoisotopic (exact) mass is 415 g/mol. The number of benzene rings is 1. The summed E-state index contributed by atoms with van der Waals surface area (Å²) in [6.07, 6.45) is 4.37. The first kappa shape index (κ1) is 23.0. The average molecular weight is 417 g/mol. The number of likely N-dealkylation sites (tertiary alicyclic amines) is 1. The molecule has 0 unspecified atom stereocenters. The Kier molecular flexibility index (Phi) is 8.68. The quantitative estimate of drug-likeness (QED) is 0.734. The number of para-hydroxylation sites is 1. The molecule has 6 heteroatoms. The lowest BCUT2D eigenvalue weighted by molar-refractivity contribution is 0.231. The van der Waals surface area contributed by atoms with Crippen LogP contribution in [0, 0.1) is 6.92 Å². The summed E-state index contributed by atoms with van der Waals surface area (Å²) in [5.41, 5.74) is 5.43. The highest BCUT2D eigenvalue weighted by Gasteiger charge is 2.40. The highest BCUT2D eigenvalue weighted by molar-refractivity contribution is 5.86. The summed E-state index contributed by atoms with van der Waals surface area (Å²) in [4.78, 5) is 9.57. The summed E-state index contributed by atoms with van der Waals surface area (Å²) < 4.78 is 0. The highest BCUT2D eigenvalue weighted by atomic mass is 35.5. The molecule has 0 saturated carbocycles. The van der Waals surface area contributed by atoms with Gasteiger partial charge >= 0.3 is 0 Å². The summed E-state index contributed by atoms with van der Waals surface area (Å²) in [6, 6.07) is 14.0. The van der Waals surface area contributed by atoms with Crippen LogP contribution in [0.1, 0.15) is 29.2 Å². The van der Waals surface area contributed by atoms with Gasteiger partial charge in [-0.15, -0.1) is 37.2 Å². The minimum Gasteiger partial charge on any atom is -0.367 e. The fourth-order valence-corrected chi connectivity index (χ4v) is 4.20. The van der Waals surface area contributed by atoms with E-state index in [0.29, 0.717) is 12.0 Å². The van der Waals surface area contributed by atoms with Crippen LogP contribution in [0.4, 0.5) is 5.69 Å². The number of pyridine rings is 1. The Bertz CT molecular complexity index is 693. The zero-order valence-corrected chi connectivity index (χ0v) is 17.7. The number of aromatic nitrogens is 1. The van der Waals surface area contributed by atoms with Gasteiger partial charge in [-0.05, 0) is 56.6 Å². The molecule has 0 N–H and O–H groups in total. The lowest BCUT2D eigenvalue weighted by Gasteiger charge is -2.37. The second-order valence-corrected chi connectivity index (χ2v) is 7.03. The second kappa shape index (κ2) is 9.80. The molecule has 4 rings (SSSR count). The molecule has 0 radical (unpaired) electrons. The van der Waals surface area contributed by atoms with Gasteiger partial charge in [0.2, 0.25) is 0 Å². The molecule has 1 aromatic heterocycles. The maximum atomic E-state index is 4.43. The minimum absolute atomic E-state index is 0. The molecule has 2 atom stereocenters. The van der Waals surface area contributed by atoms with Crippen molar-refractivity contribution in [2.75, 3.05) is 31.6 Å². The van der Waals surface area contributed by atoms with Crippen molar-refractivity contribution in [2.45, 2.75) is 31.7 Å². The smallest absolute Gasteiger partial charge is 0.0405 e. The molecule has 3 heterocycles. The molecule has 0 aliphatic carbocycles. The van der Waals surface area contributed by atoms with Crippen LogP contribution in [-0.2, 0) is 6.42 Å². The Balaban J connectivity index is 0.00000113. The van der Waals surface area contributed by atoms with Crippen molar-refractivity contribution in [3.8, 4) is 0 Å². The zero-order chi connectivity index (χ0) is 15.8. The predicted octanol–water partition coefficient (Wildman–Crippen LogP) is 4.51. The summed E-state index contributed by atoms with van der Waals surface area (Å²) in [6.45, 7) is 5.53. The molecule has 26 heavy (non-hydrogen) atoms. The van der Waals surface area contributed by atoms with Crippen molar-refractivity contribution >= 4 is 42.9 Å². The van der Waals surface area contributed by atoms with Crippen LogP contribution in [-0.4, -0.2) is 42.6 Å². The van der Waals surface area contributed by atoms with Crippen molar-refractivity contribution in [3.05, 3.63) is 59.4 Å². The van der Waals surface area contributed by atoms with E-state index in [0.717, 1.165) is 18.7 Å². The van der Waals surface area contributed by atoms with Crippen molar-refractivity contribution in [2.24, 2.45) is 0 Å². The average Bonchev–Trinajstić information content (AvgIpc) is 2.88. The van der Waals surface area contributed by atoms with Crippen molar-refractivity contribution in [1.29, 1.82) is 0 Å². The molecule has 0 spiro atoms. The number of hydrogen-bond donors (Lipinski definition) is 0. The Morgan fingerprint density at radius 1 is 1.08 bits per heavy atom. The fourth-order valence-electron chi connectivity index (χ4n) is 4.20. The molecular formula is C20H28Cl3N3. The molecule has 2 aliphatic heterocycles. The number of aryl methyl sites for hydroxylation is 1. The molecule has 2 aromatic rings. The molecule has 2 aliphatic rings. The number of likely N-dealkylation sites (N-methyl/N-ethyl adjacent to an activating group) is 1. The van der Waals surface area contributed by atoms with Crippen LogP contribution in [0.3, 0.4) is 0 Å². The van der Waals surface area contributed by atoms with Gasteiger partial charge in [-0.25, -0.2) is 0 Å². The molecule has 1 saturated heterocycles. The van der Waals surface area contributed by atoms with Crippen LogP contribution in [0.2, 0.25) is 0 Å². The zero-order valence-electron chi connectivity index (χ0n) is 15.3. The number of halogens is 3. The number of fused-ring (bicyclic) bond motifs is 3. The van der Waals surface area contributed by atoms with Gasteiger partial charge < -0.3 is 9.80 Å². The van der Waals surface area contributed by atoms with E-state index in [-0.39, 0.29) is 37.2 Å². The van der Waals surface area contributed by atoms with Crippen LogP contribution in [0.15, 0.2) is 42.6 Å². The normalized spacial score (nSPS) is 20.9. The summed E-state index contributed by atoms with van der Waals surface area (Å²) in [5, 5.41) is 0. The molecule has 0 amide bonds. The number of hydrogen-bond acceptors (Lipinski definition) is 3. The Labute approximate surface area is 175 Å². The standard InChI is InChI=1S/C20H25N3.3ClH/c1-15-7-8-16(13-21-15)9-12-23-19-6-4-3-5-17(19)18-14-22(2)11-10-20(18)23;;;/h3-8,13,18,20H,9-12,14H2,1-2H3;3*1H/t18-,20-;;;/m1.../s1. The summed E-state index contributed by atoms with van der Waals surface area (Å²) in [7, 11) is 2.25. The third-order valence-corrected chi connectivity index (χ3v) is 5.44. The molecule has 3 nitrogen and oxygen atoms in total. The van der Waals surface area contributed by atoms with Gasteiger partial charge in [-0.2, -0.15) is 0 Å². The second-order valence-electron chi connectivity index (χ2n) is 7.03. The first-order valence-corrected chi connectivity index (χ1v) is 8.68. The number of rotatable bonds is 3. The molecule has 1 aromatic carbocycles. The summed E-state index contributed by atoms with van der Waals surface area (Å²) >= 11 is 0. The maximum Gasteiger partial charge on any atom is 0.0405 e. The molecule has 144 valence electrons. The third-order valence-electron chi connectivity index (χ3n) is 5.44. The lowest BCUT2D eigenvalue weighted by atomic mass is 9.89. The van der Waals surface area contributed by atoms with E-state index in [1.165, 1.54) is 30.8 Å². The van der Waals surface area contributed by atoms with Gasteiger partial charge in [0.25, 0.3) is 0 Å². The Hall–Kier alpha value is -1.000. The van der Waals surface area contributed by atoms with E-state index in [1.54, 1.807) is 5.56 Å². The van der Waals surface area contributed by atoms with E-state index >= 15 is 0 Å². The van der Waals surface area contributed by atoms with Crippen molar-refractivity contribution < 1.29 is 0 Å². The van der Waals surface area contributed by atoms with Gasteiger partial charge in [0.1, 0.15) is 0 Å². The van der Waals surface area contributed by atoms with Gasteiger partial charge in [0.15, 0.2) is 0 Å². The van der Waals surface area contributed by atoms with Crippen molar-refractivity contribution in [1.82, 2.24) is 9.88 Å². The van der Waals surface area contributed by atoms with E-state index in [1.807, 2.05) is 13.1 Å². The molecule has 0 bridgehead atoms. The number of nitrogens with zero attached hydrogens (tertiary/aromatic N) is 3. The minimum atomic E-state index is 0. The predicted molar refractivity (Wildman–Crippen MR) is 117 cm³/mol.